The van der Waals surface area contributed by atoms with Gasteiger partial charge in [-0.1, -0.05) is 0 Å². The fourth-order valence-corrected chi connectivity index (χ4v) is 5.70. The summed E-state index contributed by atoms with van der Waals surface area (Å²) in [6.45, 7) is -3.19. The standard InChI is InChI=1S/C15H24N2O17P2/c18-5-15(12(24)9(21)6(19)3-30-15)33-36(28,29)34-35(26,27)31-4-7-10(22)11(23)13(32-7)17-2-1-8(20)16-14(17)25/h1-2,6-7,9-13,18-19,21-24H,3-5H2,(H,26,27)(H,28,29)(H,16,20,25). The number of phosphoric acid groups is 2. The fraction of sp³-hybridized carbons (Fsp3) is 0.733. The van der Waals surface area contributed by atoms with E-state index >= 15 is 0 Å². The van der Waals surface area contributed by atoms with Crippen molar-refractivity contribution in [3.05, 3.63) is 33.1 Å². The first kappa shape index (κ1) is 29.2. The molecule has 0 saturated carbocycles. The Balaban J connectivity index is 1.65. The maximum absolute atomic E-state index is 12.3. The van der Waals surface area contributed by atoms with E-state index in [-0.39, 0.29) is 0 Å². The maximum atomic E-state index is 12.3. The topological polar surface area (TPSA) is 297 Å². The van der Waals surface area contributed by atoms with Crippen LogP contribution in [-0.4, -0.2) is 112 Å². The molecule has 10 unspecified atom stereocenters. The molecule has 0 bridgehead atoms. The van der Waals surface area contributed by atoms with Crippen LogP contribution in [-0.2, 0) is 32.0 Å². The van der Waals surface area contributed by atoms with Gasteiger partial charge in [0, 0.05) is 12.3 Å². The SMILES string of the molecule is O=c1ccn(C2OC(COP(=O)(O)OP(=O)(O)OC3(CO)OCC(O)C(O)C3O)C(O)C2O)c(=O)[nH]1. The fourth-order valence-electron chi connectivity index (χ4n) is 3.39. The van der Waals surface area contributed by atoms with Gasteiger partial charge in [-0.05, 0) is 0 Å². The first-order valence-electron chi connectivity index (χ1n) is 9.96. The average molecular weight is 566 g/mol. The van der Waals surface area contributed by atoms with Crippen LogP contribution in [0.2, 0.25) is 0 Å². The highest BCUT2D eigenvalue weighted by atomic mass is 31.3. The summed E-state index contributed by atoms with van der Waals surface area (Å²) in [5.41, 5.74) is -1.75. The Morgan fingerprint density at radius 1 is 1.08 bits per heavy atom. The molecule has 3 heterocycles. The Morgan fingerprint density at radius 3 is 2.36 bits per heavy atom. The number of aliphatic hydroxyl groups excluding tert-OH is 6. The van der Waals surface area contributed by atoms with Crippen LogP contribution in [0.5, 0.6) is 0 Å². The number of rotatable bonds is 9. The minimum atomic E-state index is -5.72. The van der Waals surface area contributed by atoms with E-state index in [9.17, 15) is 59.1 Å². The number of aromatic nitrogens is 2. The Kier molecular flexibility index (Phi) is 8.73. The van der Waals surface area contributed by atoms with Gasteiger partial charge in [-0.2, -0.15) is 4.31 Å². The van der Waals surface area contributed by atoms with Crippen molar-refractivity contribution in [3.8, 4) is 0 Å². The number of nitrogens with one attached hydrogen (secondary N) is 1. The molecule has 21 heteroatoms. The Morgan fingerprint density at radius 2 is 1.75 bits per heavy atom. The zero-order chi connectivity index (χ0) is 27.1. The molecule has 1 aromatic rings. The van der Waals surface area contributed by atoms with Gasteiger partial charge in [0.2, 0.25) is 5.79 Å². The monoisotopic (exact) mass is 566 g/mol. The third-order valence-corrected chi connectivity index (χ3v) is 7.89. The molecule has 2 fully saturated rings. The van der Waals surface area contributed by atoms with Gasteiger partial charge in [0.1, 0.15) is 43.2 Å². The van der Waals surface area contributed by atoms with Crippen molar-refractivity contribution in [2.75, 3.05) is 19.8 Å². The van der Waals surface area contributed by atoms with Crippen molar-refractivity contribution < 1.29 is 72.4 Å². The van der Waals surface area contributed by atoms with Gasteiger partial charge in [0.25, 0.3) is 5.56 Å². The second-order valence-electron chi connectivity index (χ2n) is 7.75. The average Bonchev–Trinajstić information content (AvgIpc) is 3.06. The summed E-state index contributed by atoms with van der Waals surface area (Å²) >= 11 is 0. The molecule has 0 aliphatic carbocycles. The smallest absolute Gasteiger partial charge is 0.391 e. The molecule has 9 N–H and O–H groups in total. The highest BCUT2D eigenvalue weighted by Crippen LogP contribution is 2.62. The predicted molar refractivity (Wildman–Crippen MR) is 109 cm³/mol. The third kappa shape index (κ3) is 6.18. The number of hydrogen-bond acceptors (Lipinski definition) is 15. The summed E-state index contributed by atoms with van der Waals surface area (Å²) < 4.78 is 48.3. The molecule has 2 aliphatic rings. The third-order valence-electron chi connectivity index (χ3n) is 5.23. The van der Waals surface area contributed by atoms with Crippen LogP contribution in [0, 0.1) is 0 Å². The molecule has 1 aromatic heterocycles. The van der Waals surface area contributed by atoms with E-state index in [1.165, 1.54) is 0 Å². The molecule has 0 aromatic carbocycles. The lowest BCUT2D eigenvalue weighted by Crippen LogP contribution is -2.63. The number of nitrogens with zero attached hydrogens (tertiary/aromatic N) is 1. The number of hydrogen-bond donors (Lipinski definition) is 9. The molecule has 10 atom stereocenters. The Hall–Kier alpha value is -1.38. The summed E-state index contributed by atoms with van der Waals surface area (Å²) in [6.07, 6.45) is -11.7. The number of aliphatic hydroxyl groups is 6. The molecule has 36 heavy (non-hydrogen) atoms. The van der Waals surface area contributed by atoms with Crippen LogP contribution in [0.15, 0.2) is 21.9 Å². The minimum absolute atomic E-state index is 0.718. The van der Waals surface area contributed by atoms with Crippen molar-refractivity contribution in [2.45, 2.75) is 48.6 Å². The molecule has 3 rings (SSSR count). The van der Waals surface area contributed by atoms with Gasteiger partial charge in [0.05, 0.1) is 13.2 Å². The number of phosphoric ester groups is 2. The van der Waals surface area contributed by atoms with Crippen molar-refractivity contribution in [2.24, 2.45) is 0 Å². The number of ether oxygens (including phenoxy) is 2. The maximum Gasteiger partial charge on any atom is 0.483 e. The summed E-state index contributed by atoms with van der Waals surface area (Å²) in [4.78, 5) is 44.6. The van der Waals surface area contributed by atoms with Gasteiger partial charge in [0.15, 0.2) is 6.23 Å². The summed E-state index contributed by atoms with van der Waals surface area (Å²) in [7, 11) is -11.2. The second-order valence-corrected chi connectivity index (χ2v) is 10.7. The molecular formula is C15H24N2O17P2. The lowest BCUT2D eigenvalue weighted by molar-refractivity contribution is -0.322. The quantitative estimate of drug-likeness (QED) is 0.127. The van der Waals surface area contributed by atoms with Crippen LogP contribution >= 0.6 is 15.6 Å². The van der Waals surface area contributed by atoms with Gasteiger partial charge in [-0.15, -0.1) is 0 Å². The molecule has 19 nitrogen and oxygen atoms in total. The largest absolute Gasteiger partial charge is 0.483 e. The van der Waals surface area contributed by atoms with Gasteiger partial charge in [-0.25, -0.2) is 18.4 Å². The van der Waals surface area contributed by atoms with E-state index in [0.29, 0.717) is 0 Å². The second kappa shape index (κ2) is 10.8. The van der Waals surface area contributed by atoms with E-state index in [1.54, 1.807) is 0 Å². The number of H-pyrrole nitrogens is 1. The molecule has 0 radical (unpaired) electrons. The van der Waals surface area contributed by atoms with Crippen LogP contribution in [0.25, 0.3) is 0 Å². The molecule has 206 valence electrons. The van der Waals surface area contributed by atoms with Crippen LogP contribution in [0.1, 0.15) is 6.23 Å². The lowest BCUT2D eigenvalue weighted by atomic mass is 9.98. The van der Waals surface area contributed by atoms with Crippen molar-refractivity contribution in [1.82, 2.24) is 9.55 Å². The lowest BCUT2D eigenvalue weighted by Gasteiger charge is -2.43. The van der Waals surface area contributed by atoms with E-state index in [4.69, 9.17) is 9.47 Å². The summed E-state index contributed by atoms with van der Waals surface area (Å²) in [6, 6.07) is 0.925. The number of aromatic amines is 1. The molecular weight excluding hydrogens is 542 g/mol. The Bertz CT molecular complexity index is 1140. The van der Waals surface area contributed by atoms with Crippen molar-refractivity contribution in [3.63, 3.8) is 0 Å². The normalized spacial score (nSPS) is 38.4. The van der Waals surface area contributed by atoms with Gasteiger partial charge >= 0.3 is 21.3 Å². The minimum Gasteiger partial charge on any atom is -0.391 e. The highest BCUT2D eigenvalue weighted by molar-refractivity contribution is 7.61. The van der Waals surface area contributed by atoms with E-state index in [2.05, 4.69) is 13.4 Å². The summed E-state index contributed by atoms with van der Waals surface area (Å²) in [5, 5.41) is 58.9. The van der Waals surface area contributed by atoms with E-state index < -0.39 is 95.4 Å². The van der Waals surface area contributed by atoms with Crippen LogP contribution in [0.4, 0.5) is 0 Å². The highest BCUT2D eigenvalue weighted by Gasteiger charge is 2.55. The first-order valence-corrected chi connectivity index (χ1v) is 12.9. The predicted octanol–water partition coefficient (Wildman–Crippen LogP) is -4.79. The molecule has 0 amide bonds. The van der Waals surface area contributed by atoms with Crippen molar-refractivity contribution >= 4 is 15.6 Å². The van der Waals surface area contributed by atoms with Crippen molar-refractivity contribution in [1.29, 1.82) is 0 Å². The Labute approximate surface area is 199 Å². The van der Waals surface area contributed by atoms with Crippen LogP contribution < -0.4 is 11.2 Å². The van der Waals surface area contributed by atoms with Gasteiger partial charge in [-0.3, -0.25) is 18.9 Å². The van der Waals surface area contributed by atoms with E-state index in [0.717, 1.165) is 16.8 Å². The van der Waals surface area contributed by atoms with E-state index in [1.807, 2.05) is 4.98 Å². The first-order chi connectivity index (χ1) is 16.6. The van der Waals surface area contributed by atoms with Gasteiger partial charge < -0.3 is 49.9 Å². The molecule has 0 spiro atoms. The van der Waals surface area contributed by atoms with Crippen LogP contribution in [0.3, 0.4) is 0 Å². The molecule has 2 aliphatic heterocycles. The zero-order valence-electron chi connectivity index (χ0n) is 17.9. The molecule has 2 saturated heterocycles. The summed E-state index contributed by atoms with van der Waals surface area (Å²) in [5.74, 6) is -2.84. The zero-order valence-corrected chi connectivity index (χ0v) is 19.7.